The number of ether oxygens (including phenoxy) is 2. The van der Waals surface area contributed by atoms with Crippen LogP contribution in [-0.4, -0.2) is 41.0 Å². The highest BCUT2D eigenvalue weighted by Crippen LogP contribution is 2.07. The van der Waals surface area contributed by atoms with Crippen LogP contribution in [0.3, 0.4) is 0 Å². The van der Waals surface area contributed by atoms with Crippen LogP contribution in [0.5, 0.6) is 0 Å². The Morgan fingerprint density at radius 1 is 0.788 bits per heavy atom. The van der Waals surface area contributed by atoms with Gasteiger partial charge in [0, 0.05) is 12.8 Å². The zero-order chi connectivity index (χ0) is 24.1. The summed E-state index contributed by atoms with van der Waals surface area (Å²) in [5, 5.41) is 11.6. The van der Waals surface area contributed by atoms with Crippen LogP contribution in [0.15, 0.2) is 60.7 Å². The summed E-state index contributed by atoms with van der Waals surface area (Å²) in [5.74, 6) is -3.12. The first-order valence-corrected chi connectivity index (χ1v) is 10.5. The van der Waals surface area contributed by atoms with Crippen LogP contribution in [0.1, 0.15) is 36.8 Å². The van der Waals surface area contributed by atoms with Gasteiger partial charge in [0.2, 0.25) is 5.91 Å². The summed E-state index contributed by atoms with van der Waals surface area (Å²) in [6.07, 6.45) is -0.443. The van der Waals surface area contributed by atoms with Crippen LogP contribution in [-0.2, 0) is 41.9 Å². The predicted molar refractivity (Wildman–Crippen MR) is 118 cm³/mol. The van der Waals surface area contributed by atoms with Gasteiger partial charge in [0.15, 0.2) is 0 Å². The summed E-state index contributed by atoms with van der Waals surface area (Å²) >= 11 is 0. The van der Waals surface area contributed by atoms with Crippen molar-refractivity contribution in [3.63, 3.8) is 0 Å². The van der Waals surface area contributed by atoms with Gasteiger partial charge in [0.05, 0.1) is 6.04 Å². The second kappa shape index (κ2) is 13.6. The minimum Gasteiger partial charge on any atom is -0.480 e. The number of benzene rings is 2. The SMILES string of the molecule is N[C@H](CCC(=O)OCc1ccccc1)C(=O)N[C@H](CCC(=O)OCc1ccccc1)C(=O)O. The molecule has 4 N–H and O–H groups in total. The van der Waals surface area contributed by atoms with E-state index >= 15 is 0 Å². The number of aliphatic carboxylic acids is 1. The van der Waals surface area contributed by atoms with E-state index in [0.717, 1.165) is 11.1 Å². The zero-order valence-corrected chi connectivity index (χ0v) is 18.1. The maximum Gasteiger partial charge on any atom is 0.326 e. The third kappa shape index (κ3) is 9.96. The van der Waals surface area contributed by atoms with Crippen molar-refractivity contribution in [1.29, 1.82) is 0 Å². The van der Waals surface area contributed by atoms with Gasteiger partial charge in [-0.05, 0) is 24.0 Å². The van der Waals surface area contributed by atoms with Crippen molar-refractivity contribution >= 4 is 23.8 Å². The molecule has 2 atom stereocenters. The molecule has 0 aromatic heterocycles. The van der Waals surface area contributed by atoms with Crippen LogP contribution in [0.25, 0.3) is 0 Å². The van der Waals surface area contributed by atoms with Crippen LogP contribution in [0, 0.1) is 0 Å². The number of carbonyl (C=O) groups excluding carboxylic acids is 3. The Labute approximate surface area is 191 Å². The number of nitrogens with one attached hydrogen (secondary N) is 1. The van der Waals surface area contributed by atoms with Crippen molar-refractivity contribution in [2.75, 3.05) is 0 Å². The molecule has 0 aliphatic carbocycles. The van der Waals surface area contributed by atoms with Gasteiger partial charge in [-0.25, -0.2) is 4.79 Å². The second-order valence-corrected chi connectivity index (χ2v) is 7.38. The molecule has 0 aliphatic heterocycles. The molecule has 9 nitrogen and oxygen atoms in total. The molecule has 2 rings (SSSR count). The summed E-state index contributed by atoms with van der Waals surface area (Å²) in [6.45, 7) is 0.192. The van der Waals surface area contributed by atoms with Gasteiger partial charge < -0.3 is 25.6 Å². The Morgan fingerprint density at radius 2 is 1.24 bits per heavy atom. The summed E-state index contributed by atoms with van der Waals surface area (Å²) in [6, 6.07) is 15.8. The molecule has 0 heterocycles. The average Bonchev–Trinajstić information content (AvgIpc) is 2.83. The Kier molecular flexibility index (Phi) is 10.6. The van der Waals surface area contributed by atoms with Crippen molar-refractivity contribution < 1.29 is 33.8 Å². The van der Waals surface area contributed by atoms with Crippen LogP contribution < -0.4 is 11.1 Å². The van der Waals surface area contributed by atoms with Gasteiger partial charge in [0.1, 0.15) is 19.3 Å². The van der Waals surface area contributed by atoms with E-state index in [1.54, 1.807) is 12.1 Å². The quantitative estimate of drug-likeness (QED) is 0.388. The third-order valence-corrected chi connectivity index (χ3v) is 4.73. The van der Waals surface area contributed by atoms with E-state index in [2.05, 4.69) is 5.32 Å². The number of carbonyl (C=O) groups is 4. The zero-order valence-electron chi connectivity index (χ0n) is 18.1. The van der Waals surface area contributed by atoms with Gasteiger partial charge in [0.25, 0.3) is 0 Å². The molecule has 1 amide bonds. The molecule has 0 saturated heterocycles. The normalized spacial score (nSPS) is 12.3. The van der Waals surface area contributed by atoms with Crippen LogP contribution in [0.2, 0.25) is 0 Å². The predicted octanol–water partition coefficient (Wildman–Crippen LogP) is 1.93. The first kappa shape index (κ1) is 25.5. The number of carboxylic acids is 1. The second-order valence-electron chi connectivity index (χ2n) is 7.38. The maximum absolute atomic E-state index is 12.2. The lowest BCUT2D eigenvalue weighted by molar-refractivity contribution is -0.147. The monoisotopic (exact) mass is 456 g/mol. The fraction of sp³-hybridized carbons (Fsp3) is 0.333. The first-order chi connectivity index (χ1) is 15.8. The molecular formula is C24H28N2O7. The number of esters is 2. The molecule has 0 spiro atoms. The molecule has 9 heteroatoms. The molecule has 0 fully saturated rings. The summed E-state index contributed by atoms with van der Waals surface area (Å²) in [4.78, 5) is 47.5. The minimum absolute atomic E-state index is 0.00902. The number of hydrogen-bond donors (Lipinski definition) is 3. The highest BCUT2D eigenvalue weighted by Gasteiger charge is 2.24. The van der Waals surface area contributed by atoms with Gasteiger partial charge in [-0.15, -0.1) is 0 Å². The van der Waals surface area contributed by atoms with E-state index in [0.29, 0.717) is 0 Å². The first-order valence-electron chi connectivity index (χ1n) is 10.5. The van der Waals surface area contributed by atoms with E-state index in [9.17, 15) is 24.3 Å². The Hall–Kier alpha value is -3.72. The van der Waals surface area contributed by atoms with Crippen LogP contribution >= 0.6 is 0 Å². The molecule has 0 radical (unpaired) electrons. The molecule has 176 valence electrons. The van der Waals surface area contributed by atoms with Crippen molar-refractivity contribution in [1.82, 2.24) is 5.32 Å². The average molecular weight is 456 g/mol. The largest absolute Gasteiger partial charge is 0.480 e. The molecular weight excluding hydrogens is 428 g/mol. The number of amides is 1. The number of carboxylic acid groups (broad SMARTS) is 1. The van der Waals surface area contributed by atoms with Gasteiger partial charge in [-0.2, -0.15) is 0 Å². The fourth-order valence-electron chi connectivity index (χ4n) is 2.82. The fourth-order valence-corrected chi connectivity index (χ4v) is 2.82. The lowest BCUT2D eigenvalue weighted by atomic mass is 10.1. The Balaban J connectivity index is 1.70. The molecule has 33 heavy (non-hydrogen) atoms. The van der Waals surface area contributed by atoms with Crippen molar-refractivity contribution in [2.24, 2.45) is 5.73 Å². The highest BCUT2D eigenvalue weighted by molar-refractivity contribution is 5.87. The lowest BCUT2D eigenvalue weighted by Crippen LogP contribution is -2.48. The molecule has 0 unspecified atom stereocenters. The highest BCUT2D eigenvalue weighted by atomic mass is 16.5. The Morgan fingerprint density at radius 3 is 1.70 bits per heavy atom. The van der Waals surface area contributed by atoms with E-state index in [-0.39, 0.29) is 38.9 Å². The van der Waals surface area contributed by atoms with E-state index in [1.807, 2.05) is 48.5 Å². The van der Waals surface area contributed by atoms with E-state index in [1.165, 1.54) is 0 Å². The number of nitrogens with two attached hydrogens (primary N) is 1. The minimum atomic E-state index is -1.31. The van der Waals surface area contributed by atoms with E-state index < -0.39 is 35.9 Å². The number of hydrogen-bond acceptors (Lipinski definition) is 7. The standard InChI is InChI=1S/C24H28N2O7/c25-19(11-13-21(27)32-15-17-7-3-1-4-8-17)23(29)26-20(24(30)31)12-14-22(28)33-16-18-9-5-2-6-10-18/h1-10,19-20H,11-16,25H2,(H,26,29)(H,30,31)/t19-,20-/m1/s1. The van der Waals surface area contributed by atoms with Gasteiger partial charge >= 0.3 is 17.9 Å². The molecule has 0 bridgehead atoms. The molecule has 2 aromatic rings. The van der Waals surface area contributed by atoms with Crippen LogP contribution in [0.4, 0.5) is 0 Å². The molecule has 0 aliphatic rings. The smallest absolute Gasteiger partial charge is 0.326 e. The van der Waals surface area contributed by atoms with Crippen molar-refractivity contribution in [3.05, 3.63) is 71.8 Å². The topological polar surface area (TPSA) is 145 Å². The van der Waals surface area contributed by atoms with Gasteiger partial charge in [-0.1, -0.05) is 60.7 Å². The summed E-state index contributed by atoms with van der Waals surface area (Å²) in [7, 11) is 0. The molecule has 2 aromatic carbocycles. The van der Waals surface area contributed by atoms with Crippen molar-refractivity contribution in [2.45, 2.75) is 51.0 Å². The molecule has 0 saturated carbocycles. The lowest BCUT2D eigenvalue weighted by Gasteiger charge is -2.17. The maximum atomic E-state index is 12.2. The third-order valence-electron chi connectivity index (χ3n) is 4.73. The van der Waals surface area contributed by atoms with E-state index in [4.69, 9.17) is 15.2 Å². The summed E-state index contributed by atoms with van der Waals surface area (Å²) in [5.41, 5.74) is 7.43. The Bertz CT molecular complexity index is 919. The van der Waals surface area contributed by atoms with Gasteiger partial charge in [-0.3, -0.25) is 14.4 Å². The number of rotatable bonds is 13. The van der Waals surface area contributed by atoms with Crippen molar-refractivity contribution in [3.8, 4) is 0 Å². The summed E-state index contributed by atoms with van der Waals surface area (Å²) < 4.78 is 10.2.